The van der Waals surface area contributed by atoms with Gasteiger partial charge in [-0.05, 0) is 35.1 Å². The van der Waals surface area contributed by atoms with Gasteiger partial charge in [0.1, 0.15) is 0 Å². The number of rotatable bonds is 3. The summed E-state index contributed by atoms with van der Waals surface area (Å²) in [5.41, 5.74) is 10.6. The first kappa shape index (κ1) is 12.8. The zero-order valence-electron chi connectivity index (χ0n) is 11.3. The van der Waals surface area contributed by atoms with Crippen molar-refractivity contribution in [3.05, 3.63) is 41.6 Å². The van der Waals surface area contributed by atoms with Crippen LogP contribution in [0, 0.1) is 0 Å². The second kappa shape index (κ2) is 4.94. The fourth-order valence-electron chi connectivity index (χ4n) is 2.04. The second-order valence-electron chi connectivity index (χ2n) is 5.64. The van der Waals surface area contributed by atoms with Crippen LogP contribution in [0.1, 0.15) is 31.9 Å². The van der Waals surface area contributed by atoms with Crippen LogP contribution in [0.4, 0.5) is 0 Å². The Labute approximate surface area is 108 Å². The number of nitrogens with two attached hydrogens (primary N) is 1. The van der Waals surface area contributed by atoms with Crippen molar-refractivity contribution in [2.24, 2.45) is 5.73 Å². The smallest absolute Gasteiger partial charge is 0.0682 e. The Hall–Kier alpha value is -1.61. The lowest BCUT2D eigenvalue weighted by Crippen LogP contribution is -2.10. The molecule has 18 heavy (non-hydrogen) atoms. The third-order valence-corrected chi connectivity index (χ3v) is 3.17. The van der Waals surface area contributed by atoms with Gasteiger partial charge in [0, 0.05) is 0 Å². The van der Waals surface area contributed by atoms with Crippen molar-refractivity contribution in [2.45, 2.75) is 32.6 Å². The minimum atomic E-state index is 0.187. The molecule has 0 bridgehead atoms. The summed E-state index contributed by atoms with van der Waals surface area (Å²) in [5, 5.41) is 7.17. The topological polar surface area (TPSA) is 54.7 Å². The third kappa shape index (κ3) is 2.62. The van der Waals surface area contributed by atoms with Crippen LogP contribution < -0.4 is 5.73 Å². The zero-order chi connectivity index (χ0) is 13.2. The first-order chi connectivity index (χ1) is 8.52. The summed E-state index contributed by atoms with van der Waals surface area (Å²) in [7, 11) is 0. The van der Waals surface area contributed by atoms with Crippen molar-refractivity contribution in [3.8, 4) is 11.3 Å². The standard InChI is InChI=1S/C15H21N3/c1-15(2,3)13-6-4-11(5-7-13)14-12(8-9-16)10-17-18-14/h4-7,10H,8-9,16H2,1-3H3,(H,17,18). The number of nitrogens with zero attached hydrogens (tertiary/aromatic N) is 1. The lowest BCUT2D eigenvalue weighted by atomic mass is 9.86. The highest BCUT2D eigenvalue weighted by molar-refractivity contribution is 5.63. The fourth-order valence-corrected chi connectivity index (χ4v) is 2.04. The number of aromatic amines is 1. The van der Waals surface area contributed by atoms with Gasteiger partial charge in [-0.15, -0.1) is 0 Å². The summed E-state index contributed by atoms with van der Waals surface area (Å²) in [4.78, 5) is 0. The van der Waals surface area contributed by atoms with E-state index in [1.54, 1.807) is 0 Å². The summed E-state index contributed by atoms with van der Waals surface area (Å²) >= 11 is 0. The van der Waals surface area contributed by atoms with Gasteiger partial charge in [-0.2, -0.15) is 5.10 Å². The van der Waals surface area contributed by atoms with E-state index < -0.39 is 0 Å². The van der Waals surface area contributed by atoms with E-state index in [1.165, 1.54) is 16.7 Å². The molecule has 3 heteroatoms. The molecule has 0 atom stereocenters. The minimum Gasteiger partial charge on any atom is -0.330 e. The predicted octanol–water partition coefficient (Wildman–Crippen LogP) is 2.88. The Bertz CT molecular complexity index is 503. The van der Waals surface area contributed by atoms with Crippen LogP contribution in [0.15, 0.2) is 30.5 Å². The average molecular weight is 243 g/mol. The van der Waals surface area contributed by atoms with Gasteiger partial charge in [0.05, 0.1) is 11.9 Å². The van der Waals surface area contributed by atoms with Gasteiger partial charge in [-0.3, -0.25) is 5.10 Å². The molecule has 2 rings (SSSR count). The van der Waals surface area contributed by atoms with Crippen molar-refractivity contribution < 1.29 is 0 Å². The Kier molecular flexibility index (Phi) is 3.53. The Morgan fingerprint density at radius 3 is 2.39 bits per heavy atom. The molecule has 0 fully saturated rings. The molecule has 3 N–H and O–H groups in total. The van der Waals surface area contributed by atoms with Crippen molar-refractivity contribution in [2.75, 3.05) is 6.54 Å². The number of hydrogen-bond donors (Lipinski definition) is 2. The highest BCUT2D eigenvalue weighted by atomic mass is 15.1. The third-order valence-electron chi connectivity index (χ3n) is 3.17. The molecule has 0 aliphatic carbocycles. The summed E-state index contributed by atoms with van der Waals surface area (Å²) in [6, 6.07) is 8.66. The van der Waals surface area contributed by atoms with Crippen molar-refractivity contribution in [1.29, 1.82) is 0 Å². The van der Waals surface area contributed by atoms with Gasteiger partial charge in [0.2, 0.25) is 0 Å². The Morgan fingerprint density at radius 1 is 1.17 bits per heavy atom. The maximum atomic E-state index is 5.61. The summed E-state index contributed by atoms with van der Waals surface area (Å²) in [5.74, 6) is 0. The molecule has 0 spiro atoms. The average Bonchev–Trinajstić information content (AvgIpc) is 2.77. The SMILES string of the molecule is CC(C)(C)c1ccc(-c2[nH]ncc2CCN)cc1. The quantitative estimate of drug-likeness (QED) is 0.871. The molecular formula is C15H21N3. The molecule has 0 saturated heterocycles. The van der Waals surface area contributed by atoms with E-state index in [9.17, 15) is 0 Å². The van der Waals surface area contributed by atoms with Gasteiger partial charge in [0.15, 0.2) is 0 Å². The Balaban J connectivity index is 2.32. The molecule has 1 aromatic carbocycles. The van der Waals surface area contributed by atoms with Crippen molar-refractivity contribution in [3.63, 3.8) is 0 Å². The fraction of sp³-hybridized carbons (Fsp3) is 0.400. The van der Waals surface area contributed by atoms with E-state index >= 15 is 0 Å². The molecule has 0 saturated carbocycles. The van der Waals surface area contributed by atoms with Gasteiger partial charge in [0.25, 0.3) is 0 Å². The Morgan fingerprint density at radius 2 is 1.83 bits per heavy atom. The zero-order valence-corrected chi connectivity index (χ0v) is 11.3. The normalized spacial score (nSPS) is 11.8. The molecule has 1 heterocycles. The predicted molar refractivity (Wildman–Crippen MR) is 75.5 cm³/mol. The molecular weight excluding hydrogens is 222 g/mol. The number of H-pyrrole nitrogens is 1. The number of benzene rings is 1. The monoisotopic (exact) mass is 243 g/mol. The number of nitrogens with one attached hydrogen (secondary N) is 1. The molecule has 0 radical (unpaired) electrons. The highest BCUT2D eigenvalue weighted by Crippen LogP contribution is 2.26. The molecule has 0 unspecified atom stereocenters. The van der Waals surface area contributed by atoms with Crippen molar-refractivity contribution in [1.82, 2.24) is 10.2 Å². The van der Waals surface area contributed by atoms with E-state index in [-0.39, 0.29) is 5.41 Å². The first-order valence-electron chi connectivity index (χ1n) is 6.35. The van der Waals surface area contributed by atoms with Crippen LogP contribution in [0.5, 0.6) is 0 Å². The van der Waals surface area contributed by atoms with Crippen LogP contribution in [-0.2, 0) is 11.8 Å². The summed E-state index contributed by atoms with van der Waals surface area (Å²) < 4.78 is 0. The first-order valence-corrected chi connectivity index (χ1v) is 6.35. The van der Waals surface area contributed by atoms with Crippen LogP contribution >= 0.6 is 0 Å². The van der Waals surface area contributed by atoms with E-state index in [0.29, 0.717) is 6.54 Å². The molecule has 0 aliphatic rings. The van der Waals surface area contributed by atoms with Crippen molar-refractivity contribution >= 4 is 0 Å². The van der Waals surface area contributed by atoms with E-state index in [4.69, 9.17) is 5.73 Å². The van der Waals surface area contributed by atoms with E-state index in [0.717, 1.165) is 12.1 Å². The van der Waals surface area contributed by atoms with Crippen LogP contribution in [0.2, 0.25) is 0 Å². The van der Waals surface area contributed by atoms with E-state index in [1.807, 2.05) is 6.20 Å². The van der Waals surface area contributed by atoms with Gasteiger partial charge >= 0.3 is 0 Å². The molecule has 2 aromatic rings. The van der Waals surface area contributed by atoms with Crippen LogP contribution in [0.3, 0.4) is 0 Å². The summed E-state index contributed by atoms with van der Waals surface area (Å²) in [6.45, 7) is 7.31. The molecule has 0 aliphatic heterocycles. The van der Waals surface area contributed by atoms with Crippen LogP contribution in [-0.4, -0.2) is 16.7 Å². The lowest BCUT2D eigenvalue weighted by Gasteiger charge is -2.19. The maximum absolute atomic E-state index is 5.61. The number of aromatic nitrogens is 2. The second-order valence-corrected chi connectivity index (χ2v) is 5.64. The lowest BCUT2D eigenvalue weighted by molar-refractivity contribution is 0.590. The van der Waals surface area contributed by atoms with Gasteiger partial charge in [-0.25, -0.2) is 0 Å². The molecule has 1 aromatic heterocycles. The van der Waals surface area contributed by atoms with Gasteiger partial charge < -0.3 is 5.73 Å². The molecule has 3 nitrogen and oxygen atoms in total. The van der Waals surface area contributed by atoms with E-state index in [2.05, 4.69) is 55.2 Å². The van der Waals surface area contributed by atoms with Crippen LogP contribution in [0.25, 0.3) is 11.3 Å². The summed E-state index contributed by atoms with van der Waals surface area (Å²) in [6.07, 6.45) is 2.71. The van der Waals surface area contributed by atoms with Gasteiger partial charge in [-0.1, -0.05) is 45.0 Å². The highest BCUT2D eigenvalue weighted by Gasteiger charge is 2.14. The molecule has 96 valence electrons. The minimum absolute atomic E-state index is 0.187. The molecule has 0 amide bonds. The maximum Gasteiger partial charge on any atom is 0.0682 e. The largest absolute Gasteiger partial charge is 0.330 e. The number of hydrogen-bond acceptors (Lipinski definition) is 2.